The van der Waals surface area contributed by atoms with Gasteiger partial charge in [-0.15, -0.1) is 0 Å². The van der Waals surface area contributed by atoms with Crippen LogP contribution in [0.5, 0.6) is 0 Å². The standard InChI is InChI=1S/C14H22N2OS/c1-2-17-12-11-16-14(18)15-10-6-9-13-7-4-3-5-8-13/h3-5,7-8H,2,6,9-12H2,1H3,(H2,15,16,18). The highest BCUT2D eigenvalue weighted by Gasteiger charge is 1.95. The topological polar surface area (TPSA) is 33.3 Å². The highest BCUT2D eigenvalue weighted by atomic mass is 32.1. The molecule has 0 saturated carbocycles. The van der Waals surface area contributed by atoms with Crippen molar-refractivity contribution in [2.45, 2.75) is 19.8 Å². The Kier molecular flexibility index (Phi) is 8.17. The fourth-order valence-corrected chi connectivity index (χ4v) is 1.79. The maximum atomic E-state index is 5.22. The molecule has 0 aliphatic rings. The van der Waals surface area contributed by atoms with E-state index in [1.165, 1.54) is 5.56 Å². The summed E-state index contributed by atoms with van der Waals surface area (Å²) in [5, 5.41) is 7.02. The van der Waals surface area contributed by atoms with Gasteiger partial charge in [-0.2, -0.15) is 0 Å². The van der Waals surface area contributed by atoms with Crippen LogP contribution in [0.1, 0.15) is 18.9 Å². The fraction of sp³-hybridized carbons (Fsp3) is 0.500. The Labute approximate surface area is 115 Å². The van der Waals surface area contributed by atoms with Gasteiger partial charge in [-0.3, -0.25) is 0 Å². The normalized spacial score (nSPS) is 10.1. The third-order valence-electron chi connectivity index (χ3n) is 2.51. The maximum absolute atomic E-state index is 5.22. The van der Waals surface area contributed by atoms with E-state index in [4.69, 9.17) is 17.0 Å². The summed E-state index contributed by atoms with van der Waals surface area (Å²) >= 11 is 5.16. The first-order valence-corrected chi connectivity index (χ1v) is 6.87. The van der Waals surface area contributed by atoms with Crippen molar-refractivity contribution in [1.29, 1.82) is 0 Å². The predicted molar refractivity (Wildman–Crippen MR) is 79.9 cm³/mol. The van der Waals surface area contributed by atoms with Crippen molar-refractivity contribution in [3.8, 4) is 0 Å². The summed E-state index contributed by atoms with van der Waals surface area (Å²) in [6, 6.07) is 10.5. The van der Waals surface area contributed by atoms with Crippen molar-refractivity contribution in [3.63, 3.8) is 0 Å². The van der Waals surface area contributed by atoms with Gasteiger partial charge < -0.3 is 15.4 Å². The van der Waals surface area contributed by atoms with Crippen LogP contribution in [0.15, 0.2) is 30.3 Å². The molecule has 0 fully saturated rings. The molecule has 0 aliphatic heterocycles. The highest BCUT2D eigenvalue weighted by Crippen LogP contribution is 2.01. The van der Waals surface area contributed by atoms with Crippen LogP contribution in [-0.2, 0) is 11.2 Å². The Morgan fingerprint density at radius 2 is 1.89 bits per heavy atom. The molecule has 3 nitrogen and oxygen atoms in total. The first kappa shape index (κ1) is 14.9. The van der Waals surface area contributed by atoms with Crippen LogP contribution in [-0.4, -0.2) is 31.4 Å². The second-order valence-electron chi connectivity index (χ2n) is 3.97. The minimum Gasteiger partial charge on any atom is -0.380 e. The van der Waals surface area contributed by atoms with Crippen molar-refractivity contribution in [1.82, 2.24) is 10.6 Å². The minimum absolute atomic E-state index is 0.697. The molecular weight excluding hydrogens is 244 g/mol. The molecule has 0 amide bonds. The Morgan fingerprint density at radius 3 is 2.61 bits per heavy atom. The summed E-state index contributed by atoms with van der Waals surface area (Å²) < 4.78 is 5.22. The monoisotopic (exact) mass is 266 g/mol. The molecule has 4 heteroatoms. The molecule has 1 aromatic rings. The Hall–Kier alpha value is -1.13. The Bertz CT molecular complexity index is 330. The zero-order valence-electron chi connectivity index (χ0n) is 10.9. The summed E-state index contributed by atoms with van der Waals surface area (Å²) in [5.41, 5.74) is 1.37. The predicted octanol–water partition coefficient (Wildman–Crippen LogP) is 2.12. The van der Waals surface area contributed by atoms with Gasteiger partial charge in [0.2, 0.25) is 0 Å². The maximum Gasteiger partial charge on any atom is 0.166 e. The smallest absolute Gasteiger partial charge is 0.166 e. The van der Waals surface area contributed by atoms with Crippen molar-refractivity contribution in [3.05, 3.63) is 35.9 Å². The van der Waals surface area contributed by atoms with Crippen LogP contribution in [0.2, 0.25) is 0 Å². The van der Waals surface area contributed by atoms with Gasteiger partial charge in [-0.05, 0) is 37.5 Å². The van der Waals surface area contributed by atoms with Gasteiger partial charge in [0.05, 0.1) is 6.61 Å². The van der Waals surface area contributed by atoms with E-state index in [9.17, 15) is 0 Å². The molecule has 18 heavy (non-hydrogen) atoms. The SMILES string of the molecule is CCOCCNC(=S)NCCCc1ccccc1. The van der Waals surface area contributed by atoms with Gasteiger partial charge in [-0.25, -0.2) is 0 Å². The van der Waals surface area contributed by atoms with E-state index in [2.05, 4.69) is 34.9 Å². The molecule has 0 radical (unpaired) electrons. The van der Waals surface area contributed by atoms with Gasteiger partial charge in [0.25, 0.3) is 0 Å². The highest BCUT2D eigenvalue weighted by molar-refractivity contribution is 7.80. The number of aryl methyl sites for hydroxylation is 1. The second-order valence-corrected chi connectivity index (χ2v) is 4.38. The van der Waals surface area contributed by atoms with Crippen molar-refractivity contribution >= 4 is 17.3 Å². The Morgan fingerprint density at radius 1 is 1.17 bits per heavy atom. The molecule has 1 rings (SSSR count). The summed E-state index contributed by atoms with van der Waals surface area (Å²) in [6.07, 6.45) is 2.16. The average molecular weight is 266 g/mol. The molecule has 0 saturated heterocycles. The first-order valence-electron chi connectivity index (χ1n) is 6.46. The van der Waals surface area contributed by atoms with Crippen LogP contribution in [0, 0.1) is 0 Å². The molecule has 1 aromatic carbocycles. The van der Waals surface area contributed by atoms with Gasteiger partial charge in [0.15, 0.2) is 5.11 Å². The van der Waals surface area contributed by atoms with Gasteiger partial charge in [0.1, 0.15) is 0 Å². The van der Waals surface area contributed by atoms with E-state index < -0.39 is 0 Å². The summed E-state index contributed by atoms with van der Waals surface area (Å²) in [4.78, 5) is 0. The lowest BCUT2D eigenvalue weighted by molar-refractivity contribution is 0.152. The van der Waals surface area contributed by atoms with E-state index in [-0.39, 0.29) is 0 Å². The number of thiocarbonyl (C=S) groups is 1. The fourth-order valence-electron chi connectivity index (χ4n) is 1.58. The number of ether oxygens (including phenoxy) is 1. The van der Waals surface area contributed by atoms with E-state index >= 15 is 0 Å². The molecule has 0 atom stereocenters. The molecule has 0 spiro atoms. The van der Waals surface area contributed by atoms with Crippen molar-refractivity contribution in [2.24, 2.45) is 0 Å². The summed E-state index contributed by atoms with van der Waals surface area (Å²) in [7, 11) is 0. The van der Waals surface area contributed by atoms with E-state index in [0.29, 0.717) is 11.7 Å². The summed E-state index contributed by atoms with van der Waals surface area (Å²) in [6.45, 7) is 5.09. The Balaban J connectivity index is 1.99. The molecule has 2 N–H and O–H groups in total. The first-order chi connectivity index (χ1) is 8.83. The van der Waals surface area contributed by atoms with Gasteiger partial charge in [0, 0.05) is 19.7 Å². The molecule has 100 valence electrons. The third kappa shape index (κ3) is 7.25. The number of hydrogen-bond acceptors (Lipinski definition) is 2. The lowest BCUT2D eigenvalue weighted by Crippen LogP contribution is -2.37. The zero-order valence-corrected chi connectivity index (χ0v) is 11.8. The van der Waals surface area contributed by atoms with Crippen LogP contribution >= 0.6 is 12.2 Å². The number of benzene rings is 1. The largest absolute Gasteiger partial charge is 0.380 e. The number of rotatable bonds is 8. The minimum atomic E-state index is 0.697. The lowest BCUT2D eigenvalue weighted by Gasteiger charge is -2.10. The van der Waals surface area contributed by atoms with Gasteiger partial charge >= 0.3 is 0 Å². The quantitative estimate of drug-likeness (QED) is 0.558. The molecular formula is C14H22N2OS. The molecule has 0 heterocycles. The molecule has 0 aliphatic carbocycles. The van der Waals surface area contributed by atoms with Crippen LogP contribution in [0.25, 0.3) is 0 Å². The van der Waals surface area contributed by atoms with E-state index in [1.807, 2.05) is 13.0 Å². The average Bonchev–Trinajstić information content (AvgIpc) is 2.41. The second kappa shape index (κ2) is 9.85. The van der Waals surface area contributed by atoms with Crippen LogP contribution in [0.4, 0.5) is 0 Å². The van der Waals surface area contributed by atoms with E-state index in [1.54, 1.807) is 0 Å². The van der Waals surface area contributed by atoms with E-state index in [0.717, 1.165) is 32.5 Å². The van der Waals surface area contributed by atoms with Crippen LogP contribution in [0.3, 0.4) is 0 Å². The van der Waals surface area contributed by atoms with Gasteiger partial charge in [-0.1, -0.05) is 30.3 Å². The van der Waals surface area contributed by atoms with Crippen molar-refractivity contribution in [2.75, 3.05) is 26.3 Å². The van der Waals surface area contributed by atoms with Crippen LogP contribution < -0.4 is 10.6 Å². The van der Waals surface area contributed by atoms with Crippen molar-refractivity contribution < 1.29 is 4.74 Å². The lowest BCUT2D eigenvalue weighted by atomic mass is 10.1. The molecule has 0 unspecified atom stereocenters. The summed E-state index contributed by atoms with van der Waals surface area (Å²) in [5.74, 6) is 0. The molecule has 0 aromatic heterocycles. The third-order valence-corrected chi connectivity index (χ3v) is 2.80. The number of nitrogens with one attached hydrogen (secondary N) is 2. The molecule has 0 bridgehead atoms. The zero-order chi connectivity index (χ0) is 13.1. The number of hydrogen-bond donors (Lipinski definition) is 2.